The van der Waals surface area contributed by atoms with E-state index in [1.54, 1.807) is 0 Å². The maximum atomic E-state index is 13.2. The quantitative estimate of drug-likeness (QED) is 0.886. The summed E-state index contributed by atoms with van der Waals surface area (Å²) in [4.78, 5) is 5.12. The summed E-state index contributed by atoms with van der Waals surface area (Å²) >= 11 is 5.84. The van der Waals surface area contributed by atoms with Crippen molar-refractivity contribution in [2.75, 3.05) is 26.2 Å². The molecule has 9 heteroatoms. The molecule has 1 N–H and O–H groups in total. The molecule has 1 aromatic rings. The fourth-order valence-electron chi connectivity index (χ4n) is 2.13. The third-order valence-corrected chi connectivity index (χ3v) is 3.24. The lowest BCUT2D eigenvalue weighted by Crippen LogP contribution is -2.49. The number of pyridine rings is 1. The minimum Gasteiger partial charge on any atom is -0.314 e. The van der Waals surface area contributed by atoms with E-state index in [0.29, 0.717) is 26.2 Å². The number of aromatic nitrogens is 1. The van der Waals surface area contributed by atoms with Crippen LogP contribution in [0.5, 0.6) is 0 Å². The van der Waals surface area contributed by atoms with Crippen molar-refractivity contribution in [3.05, 3.63) is 29.0 Å². The van der Waals surface area contributed by atoms with Crippen LogP contribution in [0.15, 0.2) is 18.5 Å². The molecule has 2 rings (SSSR count). The topological polar surface area (TPSA) is 28.2 Å². The van der Waals surface area contributed by atoms with Gasteiger partial charge >= 0.3 is 6.18 Å². The molecule has 0 aliphatic carbocycles. The largest absolute Gasteiger partial charge is 0.408 e. The Morgan fingerprint density at radius 2 is 1.85 bits per heavy atom. The van der Waals surface area contributed by atoms with Crippen LogP contribution in [0.4, 0.5) is 13.2 Å². The Labute approximate surface area is 132 Å². The van der Waals surface area contributed by atoms with Gasteiger partial charge in [-0.1, -0.05) is 11.6 Å². The number of nitrogens with one attached hydrogen (secondary N) is 1. The van der Waals surface area contributed by atoms with Crippen molar-refractivity contribution < 1.29 is 13.2 Å². The molecule has 0 radical (unpaired) electrons. The van der Waals surface area contributed by atoms with Gasteiger partial charge in [0.05, 0.1) is 5.02 Å². The standard InChI is InChI=1S/C11H13ClF3N3.2ClH/c12-9-7-17-2-1-8(9)10(11(13,14)15)18-5-3-16-4-6-18;;/h1-2,7,10,16H,3-6H2;2*1H/t10-;;/m0../s1. The van der Waals surface area contributed by atoms with Crippen molar-refractivity contribution in [2.45, 2.75) is 12.2 Å². The van der Waals surface area contributed by atoms with Gasteiger partial charge in [0.1, 0.15) is 6.04 Å². The fourth-order valence-corrected chi connectivity index (χ4v) is 2.35. The first-order valence-electron chi connectivity index (χ1n) is 5.61. The Morgan fingerprint density at radius 3 is 2.35 bits per heavy atom. The van der Waals surface area contributed by atoms with Crippen molar-refractivity contribution in [2.24, 2.45) is 0 Å². The van der Waals surface area contributed by atoms with E-state index >= 15 is 0 Å². The van der Waals surface area contributed by atoms with Gasteiger partial charge in [-0.2, -0.15) is 13.2 Å². The normalized spacial score (nSPS) is 17.8. The Hall–Kier alpha value is -0.270. The van der Waals surface area contributed by atoms with E-state index in [4.69, 9.17) is 11.6 Å². The molecule has 20 heavy (non-hydrogen) atoms. The van der Waals surface area contributed by atoms with Crippen molar-refractivity contribution in [3.63, 3.8) is 0 Å². The first-order valence-corrected chi connectivity index (χ1v) is 5.99. The molecule has 0 amide bonds. The van der Waals surface area contributed by atoms with Crippen LogP contribution >= 0.6 is 36.4 Å². The predicted molar refractivity (Wildman–Crippen MR) is 77.0 cm³/mol. The van der Waals surface area contributed by atoms with Crippen molar-refractivity contribution >= 4 is 36.4 Å². The molecule has 1 aliphatic rings. The lowest BCUT2D eigenvalue weighted by Gasteiger charge is -2.36. The third-order valence-electron chi connectivity index (χ3n) is 2.93. The maximum Gasteiger partial charge on any atom is 0.408 e. The summed E-state index contributed by atoms with van der Waals surface area (Å²) in [5, 5.41) is 3.09. The van der Waals surface area contributed by atoms with E-state index in [2.05, 4.69) is 10.3 Å². The molecule has 1 aliphatic heterocycles. The molecule has 2 heterocycles. The third kappa shape index (κ3) is 4.63. The summed E-state index contributed by atoms with van der Waals surface area (Å²) in [5.41, 5.74) is 0.0704. The molecule has 116 valence electrons. The molecular weight excluding hydrogens is 337 g/mol. The van der Waals surface area contributed by atoms with Crippen LogP contribution in [0.2, 0.25) is 5.02 Å². The van der Waals surface area contributed by atoms with Gasteiger partial charge in [-0.25, -0.2) is 0 Å². The monoisotopic (exact) mass is 351 g/mol. The van der Waals surface area contributed by atoms with Crippen LogP contribution < -0.4 is 5.32 Å². The summed E-state index contributed by atoms with van der Waals surface area (Å²) in [5.74, 6) is 0. The van der Waals surface area contributed by atoms with Gasteiger partial charge in [0, 0.05) is 44.1 Å². The average molecular weight is 353 g/mol. The van der Waals surface area contributed by atoms with Crippen molar-refractivity contribution in [1.29, 1.82) is 0 Å². The molecule has 0 aromatic carbocycles. The summed E-state index contributed by atoms with van der Waals surface area (Å²) in [7, 11) is 0. The van der Waals surface area contributed by atoms with E-state index in [1.165, 1.54) is 23.4 Å². The first-order chi connectivity index (χ1) is 8.50. The summed E-state index contributed by atoms with van der Waals surface area (Å²) in [6.07, 6.45) is -1.76. The minimum atomic E-state index is -4.34. The number of hydrogen-bond donors (Lipinski definition) is 1. The van der Waals surface area contributed by atoms with E-state index < -0.39 is 12.2 Å². The number of nitrogens with zero attached hydrogens (tertiary/aromatic N) is 2. The molecule has 1 fully saturated rings. The molecule has 1 aromatic heterocycles. The van der Waals surface area contributed by atoms with Crippen LogP contribution in [0, 0.1) is 0 Å². The van der Waals surface area contributed by atoms with Gasteiger partial charge < -0.3 is 5.32 Å². The number of piperazine rings is 1. The molecule has 0 bridgehead atoms. The number of hydrogen-bond acceptors (Lipinski definition) is 3. The highest BCUT2D eigenvalue weighted by atomic mass is 35.5. The van der Waals surface area contributed by atoms with E-state index in [0.717, 1.165) is 0 Å². The van der Waals surface area contributed by atoms with Gasteiger partial charge in [-0.05, 0) is 6.07 Å². The lowest BCUT2D eigenvalue weighted by atomic mass is 10.1. The van der Waals surface area contributed by atoms with Crippen molar-refractivity contribution in [3.8, 4) is 0 Å². The predicted octanol–water partition coefficient (Wildman–Crippen LogP) is 3.09. The summed E-state index contributed by atoms with van der Waals surface area (Å²) in [6, 6.07) is -0.321. The van der Waals surface area contributed by atoms with E-state index in [-0.39, 0.29) is 35.4 Å². The molecule has 1 atom stereocenters. The number of alkyl halides is 3. The number of rotatable bonds is 2. The fraction of sp³-hybridized carbons (Fsp3) is 0.545. The molecule has 0 saturated carbocycles. The van der Waals surface area contributed by atoms with Crippen LogP contribution in [-0.4, -0.2) is 42.2 Å². The average Bonchev–Trinajstić information content (AvgIpc) is 2.32. The second kappa shape index (κ2) is 8.24. The second-order valence-corrected chi connectivity index (χ2v) is 4.53. The minimum absolute atomic E-state index is 0. The maximum absolute atomic E-state index is 13.2. The Kier molecular flexibility index (Phi) is 8.13. The summed E-state index contributed by atoms with van der Waals surface area (Å²) < 4.78 is 39.7. The van der Waals surface area contributed by atoms with E-state index in [9.17, 15) is 13.2 Å². The lowest BCUT2D eigenvalue weighted by molar-refractivity contribution is -0.187. The Balaban J connectivity index is 0.00000180. The van der Waals surface area contributed by atoms with Crippen LogP contribution in [-0.2, 0) is 0 Å². The first kappa shape index (κ1) is 19.7. The van der Waals surface area contributed by atoms with E-state index in [1.807, 2.05) is 0 Å². The molecular formula is C11H15Cl3F3N3. The number of halogens is 6. The highest BCUT2D eigenvalue weighted by molar-refractivity contribution is 6.31. The smallest absolute Gasteiger partial charge is 0.314 e. The zero-order valence-electron chi connectivity index (χ0n) is 10.4. The molecule has 1 saturated heterocycles. The van der Waals surface area contributed by atoms with Crippen molar-refractivity contribution in [1.82, 2.24) is 15.2 Å². The van der Waals surface area contributed by atoms with Gasteiger partial charge in [-0.15, -0.1) is 24.8 Å². The Bertz CT molecular complexity index is 411. The van der Waals surface area contributed by atoms with Gasteiger partial charge in [0.15, 0.2) is 0 Å². The molecule has 3 nitrogen and oxygen atoms in total. The second-order valence-electron chi connectivity index (χ2n) is 4.13. The SMILES string of the molecule is Cl.Cl.FC(F)(F)[C@H](c1ccncc1Cl)N1CCNCC1. The summed E-state index contributed by atoms with van der Waals surface area (Å²) in [6.45, 7) is 1.80. The van der Waals surface area contributed by atoms with Gasteiger partial charge in [-0.3, -0.25) is 9.88 Å². The van der Waals surface area contributed by atoms with Crippen LogP contribution in [0.25, 0.3) is 0 Å². The van der Waals surface area contributed by atoms with Gasteiger partial charge in [0.25, 0.3) is 0 Å². The Morgan fingerprint density at radius 1 is 1.25 bits per heavy atom. The molecule has 0 spiro atoms. The van der Waals surface area contributed by atoms with Crippen LogP contribution in [0.1, 0.15) is 11.6 Å². The highest BCUT2D eigenvalue weighted by Crippen LogP contribution is 2.40. The zero-order valence-corrected chi connectivity index (χ0v) is 12.7. The van der Waals surface area contributed by atoms with Gasteiger partial charge in [0.2, 0.25) is 0 Å². The van der Waals surface area contributed by atoms with Crippen LogP contribution in [0.3, 0.4) is 0 Å². The highest BCUT2D eigenvalue weighted by Gasteiger charge is 2.45. The zero-order chi connectivity index (χ0) is 13.2. The molecule has 0 unspecified atom stereocenters.